The van der Waals surface area contributed by atoms with Crippen molar-refractivity contribution in [1.82, 2.24) is 14.8 Å². The van der Waals surface area contributed by atoms with E-state index in [1.54, 1.807) is 0 Å². The number of aromatic nitrogens is 3. The Labute approximate surface area is 134 Å². The van der Waals surface area contributed by atoms with E-state index in [4.69, 9.17) is 11.6 Å². The smallest absolute Gasteiger partial charge is 0.165 e. The topological polar surface area (TPSA) is 30.7 Å². The van der Waals surface area contributed by atoms with Crippen LogP contribution in [-0.4, -0.2) is 14.8 Å². The second-order valence-electron chi connectivity index (χ2n) is 4.70. The Balaban J connectivity index is 2.52. The van der Waals surface area contributed by atoms with Gasteiger partial charge in [-0.05, 0) is 24.1 Å². The molecular weight excluding hydrogens is 393 g/mol. The number of nitrogens with zero attached hydrogens (tertiary/aromatic N) is 3. The minimum atomic E-state index is 0.516. The first kappa shape index (κ1) is 15.0. The zero-order chi connectivity index (χ0) is 14.0. The molecule has 0 saturated heterocycles. The predicted molar refractivity (Wildman–Crippen MR) is 85.6 cm³/mol. The molecule has 0 aliphatic rings. The van der Waals surface area contributed by atoms with Crippen molar-refractivity contribution in [3.05, 3.63) is 33.5 Å². The van der Waals surface area contributed by atoms with Crippen LogP contribution < -0.4 is 0 Å². The first-order chi connectivity index (χ1) is 9.02. The summed E-state index contributed by atoms with van der Waals surface area (Å²) in [5, 5.41) is 9.86. The summed E-state index contributed by atoms with van der Waals surface area (Å²) in [5.41, 5.74) is 0.908. The Morgan fingerprint density at radius 3 is 2.63 bits per heavy atom. The lowest BCUT2D eigenvalue weighted by molar-refractivity contribution is 0.516. The van der Waals surface area contributed by atoms with Crippen molar-refractivity contribution in [2.75, 3.05) is 0 Å². The maximum Gasteiger partial charge on any atom is 0.165 e. The summed E-state index contributed by atoms with van der Waals surface area (Å²) in [6, 6.07) is 5.80. The number of hydrogen-bond donors (Lipinski definition) is 0. The van der Waals surface area contributed by atoms with E-state index < -0.39 is 0 Å². The van der Waals surface area contributed by atoms with Crippen molar-refractivity contribution in [2.45, 2.75) is 25.7 Å². The standard InChI is InChI=1S/C13H14Br2ClN3/c1-8(2)7-19-12(6-14)17-18-13(19)10-4-3-9(15)5-11(10)16/h3-5,8H,6-7H2,1-2H3. The highest BCUT2D eigenvalue weighted by Gasteiger charge is 2.16. The fourth-order valence-electron chi connectivity index (χ4n) is 1.86. The van der Waals surface area contributed by atoms with E-state index >= 15 is 0 Å². The number of hydrogen-bond acceptors (Lipinski definition) is 2. The summed E-state index contributed by atoms with van der Waals surface area (Å²) < 4.78 is 3.08. The summed E-state index contributed by atoms with van der Waals surface area (Å²) in [6.07, 6.45) is 0. The minimum absolute atomic E-state index is 0.516. The van der Waals surface area contributed by atoms with Crippen LogP contribution in [0.4, 0.5) is 0 Å². The molecule has 0 aliphatic heterocycles. The summed E-state index contributed by atoms with van der Waals surface area (Å²) in [4.78, 5) is 0. The largest absolute Gasteiger partial charge is 0.310 e. The van der Waals surface area contributed by atoms with Gasteiger partial charge in [0.05, 0.1) is 10.4 Å². The first-order valence-corrected chi connectivity index (χ1v) is 8.25. The third-order valence-electron chi connectivity index (χ3n) is 2.67. The predicted octanol–water partition coefficient (Wildman–Crippen LogP) is 4.91. The fraction of sp³-hybridized carbons (Fsp3) is 0.385. The molecule has 0 aliphatic carbocycles. The average molecular weight is 408 g/mol. The second kappa shape index (κ2) is 6.37. The molecule has 6 heteroatoms. The lowest BCUT2D eigenvalue weighted by atomic mass is 10.2. The second-order valence-corrected chi connectivity index (χ2v) is 6.59. The van der Waals surface area contributed by atoms with E-state index in [0.717, 1.165) is 28.2 Å². The Hall–Kier alpha value is -0.390. The van der Waals surface area contributed by atoms with E-state index in [1.807, 2.05) is 18.2 Å². The van der Waals surface area contributed by atoms with Crippen LogP contribution in [0.1, 0.15) is 19.7 Å². The molecule has 1 heterocycles. The zero-order valence-electron chi connectivity index (χ0n) is 10.7. The Morgan fingerprint density at radius 1 is 1.32 bits per heavy atom. The monoisotopic (exact) mass is 405 g/mol. The SMILES string of the molecule is CC(C)Cn1c(CBr)nnc1-c1ccc(Br)cc1Cl. The molecule has 0 saturated carbocycles. The van der Waals surface area contributed by atoms with E-state index in [1.165, 1.54) is 0 Å². The highest BCUT2D eigenvalue weighted by Crippen LogP contribution is 2.30. The maximum atomic E-state index is 6.30. The number of halogens is 3. The van der Waals surface area contributed by atoms with E-state index in [-0.39, 0.29) is 0 Å². The van der Waals surface area contributed by atoms with Gasteiger partial charge in [-0.25, -0.2) is 0 Å². The summed E-state index contributed by atoms with van der Waals surface area (Å²) in [6.45, 7) is 5.21. The highest BCUT2D eigenvalue weighted by molar-refractivity contribution is 9.10. The van der Waals surface area contributed by atoms with Gasteiger partial charge in [-0.3, -0.25) is 0 Å². The molecule has 2 aromatic rings. The minimum Gasteiger partial charge on any atom is -0.310 e. The normalized spacial score (nSPS) is 11.3. The molecule has 1 aromatic heterocycles. The molecule has 0 spiro atoms. The van der Waals surface area contributed by atoms with E-state index in [0.29, 0.717) is 16.3 Å². The summed E-state index contributed by atoms with van der Waals surface area (Å²) >= 11 is 13.2. The highest BCUT2D eigenvalue weighted by atomic mass is 79.9. The lowest BCUT2D eigenvalue weighted by Gasteiger charge is -2.12. The van der Waals surface area contributed by atoms with Gasteiger partial charge < -0.3 is 4.57 Å². The lowest BCUT2D eigenvalue weighted by Crippen LogP contribution is -2.09. The Kier molecular flexibility index (Phi) is 5.03. The molecule has 0 N–H and O–H groups in total. The molecule has 0 amide bonds. The van der Waals surface area contributed by atoms with Gasteiger partial charge in [0, 0.05) is 16.6 Å². The molecule has 0 unspecified atom stereocenters. The van der Waals surface area contributed by atoms with Crippen LogP contribution in [0.25, 0.3) is 11.4 Å². The average Bonchev–Trinajstić information content (AvgIpc) is 2.71. The third-order valence-corrected chi connectivity index (χ3v) is 3.97. The molecule has 1 aromatic carbocycles. The van der Waals surface area contributed by atoms with Gasteiger partial charge in [0.2, 0.25) is 0 Å². The summed E-state index contributed by atoms with van der Waals surface area (Å²) in [5.74, 6) is 2.25. The van der Waals surface area contributed by atoms with Crippen LogP contribution in [0.15, 0.2) is 22.7 Å². The molecule has 19 heavy (non-hydrogen) atoms. The van der Waals surface area contributed by atoms with Gasteiger partial charge in [-0.2, -0.15) is 0 Å². The molecule has 2 rings (SSSR count). The molecule has 0 atom stereocenters. The quantitative estimate of drug-likeness (QED) is 0.674. The van der Waals surface area contributed by atoms with E-state index in [2.05, 4.69) is 60.5 Å². The molecule has 0 radical (unpaired) electrons. The van der Waals surface area contributed by atoms with Gasteiger partial charge in [0.15, 0.2) is 5.82 Å². The molecular formula is C13H14Br2ClN3. The zero-order valence-corrected chi connectivity index (χ0v) is 14.6. The molecule has 0 fully saturated rings. The van der Waals surface area contributed by atoms with Crippen LogP contribution >= 0.6 is 43.5 Å². The van der Waals surface area contributed by atoms with Crippen LogP contribution in [0.5, 0.6) is 0 Å². The maximum absolute atomic E-state index is 6.30. The number of benzene rings is 1. The Bertz CT molecular complexity index is 581. The van der Waals surface area contributed by atoms with Gasteiger partial charge in [-0.15, -0.1) is 10.2 Å². The first-order valence-electron chi connectivity index (χ1n) is 5.96. The van der Waals surface area contributed by atoms with Gasteiger partial charge in [-0.1, -0.05) is 57.3 Å². The van der Waals surface area contributed by atoms with Crippen LogP contribution in [0.2, 0.25) is 5.02 Å². The van der Waals surface area contributed by atoms with E-state index in [9.17, 15) is 0 Å². The van der Waals surface area contributed by atoms with Gasteiger partial charge in [0.25, 0.3) is 0 Å². The van der Waals surface area contributed by atoms with Crippen molar-refractivity contribution < 1.29 is 0 Å². The van der Waals surface area contributed by atoms with Gasteiger partial charge >= 0.3 is 0 Å². The van der Waals surface area contributed by atoms with Crippen molar-refractivity contribution in [3.8, 4) is 11.4 Å². The number of alkyl halides is 1. The molecule has 3 nitrogen and oxygen atoms in total. The van der Waals surface area contributed by atoms with Crippen molar-refractivity contribution >= 4 is 43.5 Å². The molecule has 0 bridgehead atoms. The van der Waals surface area contributed by atoms with Crippen molar-refractivity contribution in [2.24, 2.45) is 5.92 Å². The molecule has 102 valence electrons. The third kappa shape index (κ3) is 3.38. The fourth-order valence-corrected chi connectivity index (χ4v) is 3.03. The van der Waals surface area contributed by atoms with Crippen LogP contribution in [0, 0.1) is 5.92 Å². The van der Waals surface area contributed by atoms with Crippen molar-refractivity contribution in [1.29, 1.82) is 0 Å². The number of rotatable bonds is 4. The summed E-state index contributed by atoms with van der Waals surface area (Å²) in [7, 11) is 0. The van der Waals surface area contributed by atoms with Crippen LogP contribution in [-0.2, 0) is 11.9 Å². The van der Waals surface area contributed by atoms with Crippen LogP contribution in [0.3, 0.4) is 0 Å². The van der Waals surface area contributed by atoms with Crippen molar-refractivity contribution in [3.63, 3.8) is 0 Å². The van der Waals surface area contributed by atoms with Gasteiger partial charge in [0.1, 0.15) is 5.82 Å². The Morgan fingerprint density at radius 2 is 2.05 bits per heavy atom.